The van der Waals surface area contributed by atoms with Gasteiger partial charge in [-0.15, -0.1) is 22.7 Å². The Kier molecular flexibility index (Phi) is 8.28. The van der Waals surface area contributed by atoms with Gasteiger partial charge in [-0.05, 0) is 89.7 Å². The Bertz CT molecular complexity index is 1430. The quantitative estimate of drug-likeness (QED) is 0.191. The van der Waals surface area contributed by atoms with E-state index in [0.29, 0.717) is 17.7 Å². The summed E-state index contributed by atoms with van der Waals surface area (Å²) in [6, 6.07) is 20.7. The van der Waals surface area contributed by atoms with Crippen LogP contribution in [0.5, 0.6) is 5.75 Å². The van der Waals surface area contributed by atoms with Crippen LogP contribution in [0.15, 0.2) is 89.6 Å². The van der Waals surface area contributed by atoms with E-state index in [4.69, 9.17) is 0 Å². The highest BCUT2D eigenvalue weighted by molar-refractivity contribution is 7.11. The molecule has 0 aliphatic carbocycles. The van der Waals surface area contributed by atoms with Crippen molar-refractivity contribution in [2.75, 3.05) is 31.1 Å². The largest absolute Gasteiger partial charge is 0.508 e. The van der Waals surface area contributed by atoms with Crippen LogP contribution in [0.3, 0.4) is 0 Å². The van der Waals surface area contributed by atoms with E-state index in [1.165, 1.54) is 0 Å². The molecule has 0 amide bonds. The van der Waals surface area contributed by atoms with Gasteiger partial charge in [0.1, 0.15) is 5.75 Å². The first kappa shape index (κ1) is 25.9. The van der Waals surface area contributed by atoms with Crippen LogP contribution in [-0.4, -0.2) is 47.8 Å². The molecule has 0 bridgehead atoms. The summed E-state index contributed by atoms with van der Waals surface area (Å²) in [5, 5.41) is 14.4. The summed E-state index contributed by atoms with van der Waals surface area (Å²) in [5.74, 6) is 0.130. The molecule has 5 rings (SSSR count). The third-order valence-electron chi connectivity index (χ3n) is 6.53. The number of piperazine rings is 1. The first-order chi connectivity index (χ1) is 18.5. The molecule has 192 valence electrons. The second-order valence-corrected chi connectivity index (χ2v) is 11.0. The highest BCUT2D eigenvalue weighted by atomic mass is 32.1. The summed E-state index contributed by atoms with van der Waals surface area (Å²) in [6.45, 7) is 3.93. The average molecular weight is 541 g/mol. The molecule has 2 aromatic carbocycles. The van der Waals surface area contributed by atoms with Crippen molar-refractivity contribution in [2.24, 2.45) is 0 Å². The molecule has 1 aliphatic heterocycles. The number of aromatic hydroxyl groups is 1. The number of hydrogen-bond donors (Lipinski definition) is 1. The maximum Gasteiger partial charge on any atom is 0.185 e. The van der Waals surface area contributed by atoms with E-state index in [1.807, 2.05) is 71.4 Å². The van der Waals surface area contributed by atoms with Crippen molar-refractivity contribution in [3.63, 3.8) is 0 Å². The zero-order chi connectivity index (χ0) is 26.3. The maximum atomic E-state index is 12.6. The van der Waals surface area contributed by atoms with Crippen LogP contribution < -0.4 is 4.90 Å². The monoisotopic (exact) mass is 540 g/mol. The number of allylic oxidation sites excluding steroid dienone is 2. The molecule has 2 aromatic heterocycles. The number of rotatable bonds is 9. The van der Waals surface area contributed by atoms with Gasteiger partial charge in [-0.1, -0.05) is 12.1 Å². The van der Waals surface area contributed by atoms with Crippen LogP contribution >= 0.6 is 22.7 Å². The Labute approximate surface area is 230 Å². The molecule has 5 nitrogen and oxygen atoms in total. The smallest absolute Gasteiger partial charge is 0.185 e. The van der Waals surface area contributed by atoms with Crippen LogP contribution in [0.2, 0.25) is 0 Å². The second kappa shape index (κ2) is 12.2. The molecule has 4 aromatic rings. The van der Waals surface area contributed by atoms with E-state index in [9.17, 15) is 14.7 Å². The zero-order valence-electron chi connectivity index (χ0n) is 20.8. The number of thiophene rings is 2. The molecule has 0 spiro atoms. The Morgan fingerprint density at radius 1 is 0.763 bits per heavy atom. The van der Waals surface area contributed by atoms with Gasteiger partial charge in [-0.25, -0.2) is 0 Å². The van der Waals surface area contributed by atoms with Gasteiger partial charge in [0, 0.05) is 64.9 Å². The fourth-order valence-electron chi connectivity index (χ4n) is 4.39. The van der Waals surface area contributed by atoms with Crippen LogP contribution in [0.4, 0.5) is 5.69 Å². The van der Waals surface area contributed by atoms with Gasteiger partial charge in [-0.2, -0.15) is 0 Å². The second-order valence-electron chi connectivity index (χ2n) is 9.08. The third kappa shape index (κ3) is 6.55. The summed E-state index contributed by atoms with van der Waals surface area (Å²) >= 11 is 3.19. The van der Waals surface area contributed by atoms with Gasteiger partial charge in [0.05, 0.1) is 0 Å². The van der Waals surface area contributed by atoms with E-state index < -0.39 is 0 Å². The van der Waals surface area contributed by atoms with E-state index in [0.717, 1.165) is 47.2 Å². The Hall–Kier alpha value is -3.78. The SMILES string of the molecule is O=C(/C=C/c1cccs1)c1ccc(N2CCN(Cc3cc(C(=O)/C=C/c4cccs4)ccc3O)CC2)cc1. The molecule has 1 N–H and O–H groups in total. The maximum absolute atomic E-state index is 12.6. The number of benzene rings is 2. The van der Waals surface area contributed by atoms with Gasteiger partial charge in [0.25, 0.3) is 0 Å². The normalized spacial score (nSPS) is 14.5. The number of phenolic OH excluding ortho intramolecular Hbond substituents is 1. The van der Waals surface area contributed by atoms with Gasteiger partial charge >= 0.3 is 0 Å². The van der Waals surface area contributed by atoms with Gasteiger partial charge in [-0.3, -0.25) is 14.5 Å². The minimum Gasteiger partial charge on any atom is -0.508 e. The Morgan fingerprint density at radius 2 is 1.34 bits per heavy atom. The molecule has 3 heterocycles. The average Bonchev–Trinajstić information content (AvgIpc) is 3.67. The minimum atomic E-state index is -0.0755. The number of carbonyl (C=O) groups is 2. The molecule has 1 saturated heterocycles. The first-order valence-corrected chi connectivity index (χ1v) is 14.2. The zero-order valence-corrected chi connectivity index (χ0v) is 22.5. The fourth-order valence-corrected chi connectivity index (χ4v) is 5.62. The molecule has 0 unspecified atom stereocenters. The van der Waals surface area contributed by atoms with Crippen LogP contribution in [-0.2, 0) is 6.54 Å². The highest BCUT2D eigenvalue weighted by Crippen LogP contribution is 2.24. The third-order valence-corrected chi connectivity index (χ3v) is 8.21. The van der Waals surface area contributed by atoms with Crippen molar-refractivity contribution < 1.29 is 14.7 Å². The van der Waals surface area contributed by atoms with Crippen LogP contribution in [0.1, 0.15) is 36.0 Å². The minimum absolute atomic E-state index is 0.00250. The fraction of sp³-hybridized carbons (Fsp3) is 0.161. The molecule has 0 atom stereocenters. The van der Waals surface area contributed by atoms with Crippen molar-refractivity contribution in [1.82, 2.24) is 4.90 Å². The lowest BCUT2D eigenvalue weighted by molar-refractivity contribution is 0.103. The number of anilines is 1. The van der Waals surface area contributed by atoms with E-state index in [2.05, 4.69) is 9.80 Å². The van der Waals surface area contributed by atoms with Crippen LogP contribution in [0, 0.1) is 0 Å². The van der Waals surface area contributed by atoms with E-state index >= 15 is 0 Å². The summed E-state index contributed by atoms with van der Waals surface area (Å²) in [6.07, 6.45) is 6.88. The number of phenols is 1. The molecule has 0 saturated carbocycles. The molecule has 1 fully saturated rings. The Morgan fingerprint density at radius 3 is 1.92 bits per heavy atom. The lowest BCUT2D eigenvalue weighted by Crippen LogP contribution is -2.46. The van der Waals surface area contributed by atoms with E-state index in [-0.39, 0.29) is 17.3 Å². The number of ketones is 2. The molecule has 38 heavy (non-hydrogen) atoms. The van der Waals surface area contributed by atoms with Crippen molar-refractivity contribution in [1.29, 1.82) is 0 Å². The van der Waals surface area contributed by atoms with Crippen LogP contribution in [0.25, 0.3) is 12.2 Å². The van der Waals surface area contributed by atoms with Crippen molar-refractivity contribution in [3.8, 4) is 5.75 Å². The number of carbonyl (C=O) groups excluding carboxylic acids is 2. The van der Waals surface area contributed by atoms with Gasteiger partial charge < -0.3 is 10.0 Å². The number of nitrogens with zero attached hydrogens (tertiary/aromatic N) is 2. The lowest BCUT2D eigenvalue weighted by Gasteiger charge is -2.36. The Balaban J connectivity index is 1.15. The first-order valence-electron chi connectivity index (χ1n) is 12.5. The summed E-state index contributed by atoms with van der Waals surface area (Å²) in [7, 11) is 0. The number of hydrogen-bond acceptors (Lipinski definition) is 7. The summed E-state index contributed by atoms with van der Waals surface area (Å²) in [5.41, 5.74) is 3.10. The van der Waals surface area contributed by atoms with Crippen molar-refractivity contribution in [2.45, 2.75) is 6.54 Å². The topological polar surface area (TPSA) is 60.9 Å². The van der Waals surface area contributed by atoms with E-state index in [1.54, 1.807) is 53.0 Å². The predicted molar refractivity (Wildman–Crippen MR) is 157 cm³/mol. The summed E-state index contributed by atoms with van der Waals surface area (Å²) < 4.78 is 0. The molecule has 0 radical (unpaired) electrons. The van der Waals surface area contributed by atoms with Crippen molar-refractivity contribution >= 4 is 52.1 Å². The highest BCUT2D eigenvalue weighted by Gasteiger charge is 2.19. The lowest BCUT2D eigenvalue weighted by atomic mass is 10.0. The molecular formula is C31H28N2O3S2. The van der Waals surface area contributed by atoms with Gasteiger partial charge in [0.2, 0.25) is 0 Å². The predicted octanol–water partition coefficient (Wildman–Crippen LogP) is 6.63. The summed E-state index contributed by atoms with van der Waals surface area (Å²) in [4.78, 5) is 31.8. The molecular weight excluding hydrogens is 512 g/mol. The molecule has 1 aliphatic rings. The van der Waals surface area contributed by atoms with Gasteiger partial charge in [0.15, 0.2) is 11.6 Å². The van der Waals surface area contributed by atoms with Crippen molar-refractivity contribution in [3.05, 3.63) is 116 Å². The standard InChI is InChI=1S/C31H28N2O3S2/c34-29(13-10-27-3-1-19-37-27)23-5-8-26(9-6-23)33-17-15-32(16-18-33)22-25-21-24(7-12-31(25)36)30(35)14-11-28-4-2-20-38-28/h1-14,19-21,36H,15-18,22H2/b13-10+,14-11+. The molecule has 7 heteroatoms.